The molecule has 1 heterocycles. The van der Waals surface area contributed by atoms with Gasteiger partial charge in [-0.1, -0.05) is 21.1 Å². The molecule has 0 unspecified atom stereocenters. The van der Waals surface area contributed by atoms with Crippen molar-refractivity contribution in [2.45, 2.75) is 13.1 Å². The maximum atomic E-state index is 13.0. The van der Waals surface area contributed by atoms with Gasteiger partial charge in [0, 0.05) is 4.47 Å². The van der Waals surface area contributed by atoms with E-state index in [1.54, 1.807) is 19.1 Å². The van der Waals surface area contributed by atoms with Crippen LogP contribution in [0.4, 0.5) is 24.5 Å². The van der Waals surface area contributed by atoms with Crippen LogP contribution in [-0.2, 0) is 6.18 Å². The summed E-state index contributed by atoms with van der Waals surface area (Å²) in [6, 6.07) is 6.96. The minimum absolute atomic E-state index is 0.0715. The van der Waals surface area contributed by atoms with Crippen molar-refractivity contribution < 1.29 is 18.4 Å². The zero-order chi connectivity index (χ0) is 16.3. The van der Waals surface area contributed by atoms with E-state index >= 15 is 0 Å². The van der Waals surface area contributed by atoms with Crippen LogP contribution in [-0.4, -0.2) is 15.9 Å². The van der Waals surface area contributed by atoms with E-state index in [4.69, 9.17) is 5.21 Å². The van der Waals surface area contributed by atoms with Gasteiger partial charge in [-0.25, -0.2) is 0 Å². The number of hydrogen-bond acceptors (Lipinski definition) is 4. The third kappa shape index (κ3) is 3.76. The van der Waals surface area contributed by atoms with E-state index in [2.05, 4.69) is 31.4 Å². The molecule has 0 amide bonds. The number of rotatable bonds is 3. The summed E-state index contributed by atoms with van der Waals surface area (Å²) in [4.78, 5) is 4.01. The first-order chi connectivity index (χ1) is 10.3. The monoisotopic (exact) mass is 373 g/mol. The van der Waals surface area contributed by atoms with Crippen molar-refractivity contribution in [1.82, 2.24) is 4.98 Å². The lowest BCUT2D eigenvalue weighted by Gasteiger charge is -2.15. The smallest absolute Gasteiger partial charge is 0.411 e. The summed E-state index contributed by atoms with van der Waals surface area (Å²) in [5.41, 5.74) is 0.283. The summed E-state index contributed by atoms with van der Waals surface area (Å²) in [7, 11) is 0. The minimum atomic E-state index is -4.47. The molecule has 2 rings (SSSR count). The zero-order valence-corrected chi connectivity index (χ0v) is 12.9. The Hall–Kier alpha value is -2.09. The highest BCUT2D eigenvalue weighted by Crippen LogP contribution is 2.37. The Labute approximate surface area is 132 Å². The topological polar surface area (TPSA) is 57.5 Å². The number of hydrogen-bond donors (Lipinski definition) is 2. The number of halogens is 4. The fraction of sp³-hybridized carbons (Fsp3) is 0.143. The molecule has 0 saturated carbocycles. The molecule has 1 aromatic heterocycles. The maximum Gasteiger partial charge on any atom is 0.418 e. The summed E-state index contributed by atoms with van der Waals surface area (Å²) in [5.74, 6) is 0. The van der Waals surface area contributed by atoms with E-state index in [-0.39, 0.29) is 5.69 Å². The van der Waals surface area contributed by atoms with Crippen LogP contribution in [0.15, 0.2) is 46.2 Å². The lowest BCUT2D eigenvalue weighted by molar-refractivity contribution is -0.137. The van der Waals surface area contributed by atoms with E-state index in [0.29, 0.717) is 21.6 Å². The largest absolute Gasteiger partial charge is 0.418 e. The molecule has 116 valence electrons. The van der Waals surface area contributed by atoms with Gasteiger partial charge in [0.05, 0.1) is 28.8 Å². The first-order valence-corrected chi connectivity index (χ1v) is 6.89. The van der Waals surface area contributed by atoms with Gasteiger partial charge in [-0.3, -0.25) is 4.98 Å². The van der Waals surface area contributed by atoms with Gasteiger partial charge in [0.1, 0.15) is 5.71 Å². The predicted molar refractivity (Wildman–Crippen MR) is 80.7 cm³/mol. The quantitative estimate of drug-likeness (QED) is 0.461. The van der Waals surface area contributed by atoms with Crippen molar-refractivity contribution >= 4 is 33.0 Å². The van der Waals surface area contributed by atoms with Gasteiger partial charge in [0.2, 0.25) is 0 Å². The van der Waals surface area contributed by atoms with Gasteiger partial charge in [-0.2, -0.15) is 13.2 Å². The molecule has 0 fully saturated rings. The Balaban J connectivity index is 2.31. The van der Waals surface area contributed by atoms with Gasteiger partial charge < -0.3 is 10.5 Å². The molecule has 0 spiro atoms. The van der Waals surface area contributed by atoms with E-state index < -0.39 is 11.7 Å². The summed E-state index contributed by atoms with van der Waals surface area (Å²) >= 11 is 3.03. The zero-order valence-electron chi connectivity index (χ0n) is 11.3. The number of benzene rings is 1. The number of oxime groups is 1. The molecule has 8 heteroatoms. The van der Waals surface area contributed by atoms with Gasteiger partial charge in [0.15, 0.2) is 0 Å². The summed E-state index contributed by atoms with van der Waals surface area (Å²) in [5, 5.41) is 14.3. The van der Waals surface area contributed by atoms with Crippen LogP contribution in [0, 0.1) is 0 Å². The Bertz CT molecular complexity index is 699. The van der Waals surface area contributed by atoms with Crippen LogP contribution in [0.3, 0.4) is 0 Å². The molecular formula is C14H11BrF3N3O. The van der Waals surface area contributed by atoms with Crippen molar-refractivity contribution in [2.24, 2.45) is 5.16 Å². The molecule has 2 N–H and O–H groups in total. The molecule has 0 atom stereocenters. The molecule has 0 aliphatic rings. The molecule has 4 nitrogen and oxygen atoms in total. The molecule has 1 aromatic carbocycles. The lowest BCUT2D eigenvalue weighted by Crippen LogP contribution is -2.09. The average molecular weight is 374 g/mol. The molecule has 0 radical (unpaired) electrons. The highest BCUT2D eigenvalue weighted by molar-refractivity contribution is 9.10. The Morgan fingerprint density at radius 2 is 2.00 bits per heavy atom. The second kappa shape index (κ2) is 6.35. The SMILES string of the molecule is CC(=NO)c1ccc(Nc2ccc(Br)cc2C(F)(F)F)cn1. The number of anilines is 2. The van der Waals surface area contributed by atoms with Crippen LogP contribution < -0.4 is 5.32 Å². The normalized spacial score (nSPS) is 12.3. The van der Waals surface area contributed by atoms with Crippen LogP contribution in [0.2, 0.25) is 0 Å². The Morgan fingerprint density at radius 3 is 2.55 bits per heavy atom. The highest BCUT2D eigenvalue weighted by atomic mass is 79.9. The van der Waals surface area contributed by atoms with Gasteiger partial charge >= 0.3 is 6.18 Å². The van der Waals surface area contributed by atoms with E-state index in [0.717, 1.165) is 6.07 Å². The number of aromatic nitrogens is 1. The van der Waals surface area contributed by atoms with Crippen molar-refractivity contribution in [3.63, 3.8) is 0 Å². The van der Waals surface area contributed by atoms with Gasteiger partial charge in [0.25, 0.3) is 0 Å². The van der Waals surface area contributed by atoms with Crippen LogP contribution >= 0.6 is 15.9 Å². The maximum absolute atomic E-state index is 13.0. The van der Waals surface area contributed by atoms with Crippen LogP contribution in [0.5, 0.6) is 0 Å². The minimum Gasteiger partial charge on any atom is -0.411 e. The molecule has 2 aromatic rings. The fourth-order valence-corrected chi connectivity index (χ4v) is 2.11. The Kier molecular flexibility index (Phi) is 4.70. The van der Waals surface area contributed by atoms with Gasteiger partial charge in [-0.15, -0.1) is 0 Å². The fourth-order valence-electron chi connectivity index (χ4n) is 1.75. The van der Waals surface area contributed by atoms with Crippen molar-refractivity contribution in [1.29, 1.82) is 0 Å². The number of alkyl halides is 3. The third-order valence-electron chi connectivity index (χ3n) is 2.85. The molecular weight excluding hydrogens is 363 g/mol. The third-order valence-corrected chi connectivity index (χ3v) is 3.34. The standard InChI is InChI=1S/C14H11BrF3N3O/c1-8(21-22)12-5-3-10(7-19-12)20-13-4-2-9(15)6-11(13)14(16,17)18/h2-7,20,22H,1H3. The molecule has 0 aliphatic carbocycles. The number of nitrogens with one attached hydrogen (secondary N) is 1. The van der Waals surface area contributed by atoms with Crippen molar-refractivity contribution in [2.75, 3.05) is 5.32 Å². The molecule has 22 heavy (non-hydrogen) atoms. The second-order valence-electron chi connectivity index (χ2n) is 4.43. The lowest BCUT2D eigenvalue weighted by atomic mass is 10.1. The van der Waals surface area contributed by atoms with Crippen molar-refractivity contribution in [3.05, 3.63) is 52.3 Å². The van der Waals surface area contributed by atoms with Crippen LogP contribution in [0.1, 0.15) is 18.2 Å². The summed E-state index contributed by atoms with van der Waals surface area (Å²) < 4.78 is 39.4. The first kappa shape index (κ1) is 16.3. The predicted octanol–water partition coefficient (Wildman–Crippen LogP) is 4.80. The highest BCUT2D eigenvalue weighted by Gasteiger charge is 2.33. The molecule has 0 saturated heterocycles. The van der Waals surface area contributed by atoms with Gasteiger partial charge in [-0.05, 0) is 37.3 Å². The molecule has 0 aliphatic heterocycles. The number of pyridine rings is 1. The van der Waals surface area contributed by atoms with E-state index in [1.807, 2.05) is 0 Å². The van der Waals surface area contributed by atoms with Crippen LogP contribution in [0.25, 0.3) is 0 Å². The first-order valence-electron chi connectivity index (χ1n) is 6.10. The Morgan fingerprint density at radius 1 is 1.27 bits per heavy atom. The average Bonchev–Trinajstić information content (AvgIpc) is 2.48. The summed E-state index contributed by atoms with van der Waals surface area (Å²) in [6.07, 6.45) is -3.11. The number of nitrogens with zero attached hydrogens (tertiary/aromatic N) is 2. The molecule has 0 bridgehead atoms. The second-order valence-corrected chi connectivity index (χ2v) is 5.35. The summed E-state index contributed by atoms with van der Waals surface area (Å²) in [6.45, 7) is 1.56. The van der Waals surface area contributed by atoms with E-state index in [1.165, 1.54) is 18.3 Å². The van der Waals surface area contributed by atoms with Crippen molar-refractivity contribution in [3.8, 4) is 0 Å². The van der Waals surface area contributed by atoms with E-state index in [9.17, 15) is 13.2 Å².